The standard InChI is InChI=1S/C15H28O3/c1-10(2)11(13(17)14(3,4)5)9-12(16)18-15(6,7)8/h10-11H,9H2,1-8H3/t11-/m0/s1. The van der Waals surface area contributed by atoms with Crippen molar-refractivity contribution in [1.82, 2.24) is 0 Å². The maximum absolute atomic E-state index is 12.3. The summed E-state index contributed by atoms with van der Waals surface area (Å²) in [7, 11) is 0. The minimum absolute atomic E-state index is 0.128. The van der Waals surface area contributed by atoms with Crippen molar-refractivity contribution in [2.75, 3.05) is 0 Å². The van der Waals surface area contributed by atoms with Gasteiger partial charge in [-0.05, 0) is 26.7 Å². The molecule has 0 rings (SSSR count). The minimum Gasteiger partial charge on any atom is -0.460 e. The van der Waals surface area contributed by atoms with Crippen LogP contribution < -0.4 is 0 Å². The lowest BCUT2D eigenvalue weighted by molar-refractivity contribution is -0.158. The van der Waals surface area contributed by atoms with Gasteiger partial charge in [0.25, 0.3) is 0 Å². The summed E-state index contributed by atoms with van der Waals surface area (Å²) in [6, 6.07) is 0. The average Bonchev–Trinajstić information content (AvgIpc) is 2.08. The van der Waals surface area contributed by atoms with Crippen LogP contribution in [0.25, 0.3) is 0 Å². The molecule has 18 heavy (non-hydrogen) atoms. The fraction of sp³-hybridized carbons (Fsp3) is 0.867. The Morgan fingerprint density at radius 3 is 1.72 bits per heavy atom. The van der Waals surface area contributed by atoms with Gasteiger partial charge in [0.1, 0.15) is 11.4 Å². The average molecular weight is 256 g/mol. The van der Waals surface area contributed by atoms with Gasteiger partial charge in [0.15, 0.2) is 0 Å². The summed E-state index contributed by atoms with van der Waals surface area (Å²) < 4.78 is 5.29. The largest absolute Gasteiger partial charge is 0.460 e. The van der Waals surface area contributed by atoms with Crippen molar-refractivity contribution in [3.63, 3.8) is 0 Å². The van der Waals surface area contributed by atoms with Crippen molar-refractivity contribution < 1.29 is 14.3 Å². The molecule has 0 unspecified atom stereocenters. The predicted octanol–water partition coefficient (Wildman–Crippen LogP) is 3.61. The number of ketones is 1. The van der Waals surface area contributed by atoms with E-state index in [0.717, 1.165) is 0 Å². The molecule has 0 aliphatic rings. The zero-order valence-electron chi connectivity index (χ0n) is 13.1. The first-order valence-electron chi connectivity index (χ1n) is 6.61. The topological polar surface area (TPSA) is 43.4 Å². The molecule has 3 heteroatoms. The lowest BCUT2D eigenvalue weighted by atomic mass is 9.77. The van der Waals surface area contributed by atoms with Crippen LogP contribution in [0.3, 0.4) is 0 Å². The maximum atomic E-state index is 12.3. The monoisotopic (exact) mass is 256 g/mol. The molecular weight excluding hydrogens is 228 g/mol. The molecule has 0 fully saturated rings. The van der Waals surface area contributed by atoms with E-state index in [-0.39, 0.29) is 30.0 Å². The summed E-state index contributed by atoms with van der Waals surface area (Å²) in [5.41, 5.74) is -0.916. The molecule has 0 aliphatic carbocycles. The van der Waals surface area contributed by atoms with Crippen LogP contribution in [-0.4, -0.2) is 17.4 Å². The Morgan fingerprint density at radius 2 is 1.44 bits per heavy atom. The summed E-state index contributed by atoms with van der Waals surface area (Å²) >= 11 is 0. The zero-order chi connectivity index (χ0) is 14.7. The molecule has 0 aromatic carbocycles. The molecule has 0 amide bonds. The van der Waals surface area contributed by atoms with E-state index in [1.807, 2.05) is 55.4 Å². The van der Waals surface area contributed by atoms with Crippen molar-refractivity contribution in [2.24, 2.45) is 17.3 Å². The number of hydrogen-bond acceptors (Lipinski definition) is 3. The highest BCUT2D eigenvalue weighted by Gasteiger charge is 2.34. The van der Waals surface area contributed by atoms with E-state index in [1.165, 1.54) is 0 Å². The Balaban J connectivity index is 4.76. The Labute approximate surface area is 111 Å². The Morgan fingerprint density at radius 1 is 1.00 bits per heavy atom. The molecule has 0 aromatic rings. The third-order valence-electron chi connectivity index (χ3n) is 2.69. The first kappa shape index (κ1) is 17.1. The second-order valence-electron chi connectivity index (χ2n) is 7.26. The van der Waals surface area contributed by atoms with Gasteiger partial charge in [-0.25, -0.2) is 0 Å². The van der Waals surface area contributed by atoms with E-state index < -0.39 is 11.0 Å². The normalized spacial score (nSPS) is 14.5. The summed E-state index contributed by atoms with van der Waals surface area (Å²) in [4.78, 5) is 24.1. The van der Waals surface area contributed by atoms with E-state index in [4.69, 9.17) is 4.74 Å². The van der Waals surface area contributed by atoms with Crippen LogP contribution in [0.2, 0.25) is 0 Å². The van der Waals surface area contributed by atoms with Crippen LogP contribution >= 0.6 is 0 Å². The quantitative estimate of drug-likeness (QED) is 0.722. The first-order valence-corrected chi connectivity index (χ1v) is 6.61. The van der Waals surface area contributed by atoms with Gasteiger partial charge in [0.2, 0.25) is 0 Å². The molecule has 0 saturated carbocycles. The van der Waals surface area contributed by atoms with Crippen molar-refractivity contribution in [3.05, 3.63) is 0 Å². The molecular formula is C15H28O3. The lowest BCUT2D eigenvalue weighted by Gasteiger charge is -2.28. The summed E-state index contributed by atoms with van der Waals surface area (Å²) in [6.07, 6.45) is 0.172. The summed E-state index contributed by atoms with van der Waals surface area (Å²) in [5, 5.41) is 0. The molecule has 0 saturated heterocycles. The number of esters is 1. The van der Waals surface area contributed by atoms with Crippen LogP contribution in [0.1, 0.15) is 61.8 Å². The van der Waals surface area contributed by atoms with Gasteiger partial charge >= 0.3 is 5.97 Å². The van der Waals surface area contributed by atoms with Crippen molar-refractivity contribution >= 4 is 11.8 Å². The van der Waals surface area contributed by atoms with Crippen molar-refractivity contribution in [3.8, 4) is 0 Å². The van der Waals surface area contributed by atoms with E-state index in [0.29, 0.717) is 0 Å². The fourth-order valence-corrected chi connectivity index (χ4v) is 1.75. The molecule has 0 radical (unpaired) electrons. The molecule has 0 spiro atoms. The minimum atomic E-state index is -0.497. The van der Waals surface area contributed by atoms with Gasteiger partial charge in [0.05, 0.1) is 6.42 Å². The van der Waals surface area contributed by atoms with E-state index in [2.05, 4.69) is 0 Å². The Hall–Kier alpha value is -0.860. The number of ether oxygens (including phenoxy) is 1. The number of hydrogen-bond donors (Lipinski definition) is 0. The highest BCUT2D eigenvalue weighted by molar-refractivity contribution is 5.89. The molecule has 1 atom stereocenters. The Bertz CT molecular complexity index is 303. The smallest absolute Gasteiger partial charge is 0.307 e. The van der Waals surface area contributed by atoms with Crippen LogP contribution in [0.15, 0.2) is 0 Å². The van der Waals surface area contributed by atoms with Gasteiger partial charge in [0, 0.05) is 11.3 Å². The zero-order valence-corrected chi connectivity index (χ0v) is 13.1. The van der Waals surface area contributed by atoms with Crippen molar-refractivity contribution in [1.29, 1.82) is 0 Å². The van der Waals surface area contributed by atoms with E-state index in [1.54, 1.807) is 0 Å². The SMILES string of the molecule is CC(C)[C@H](CC(=O)OC(C)(C)C)C(=O)C(C)(C)C. The summed E-state index contributed by atoms with van der Waals surface area (Å²) in [5.74, 6) is -0.286. The molecule has 0 heterocycles. The molecule has 0 aromatic heterocycles. The van der Waals surface area contributed by atoms with Gasteiger partial charge in [-0.1, -0.05) is 34.6 Å². The molecule has 106 valence electrons. The Kier molecular flexibility index (Phi) is 5.57. The van der Waals surface area contributed by atoms with Crippen molar-refractivity contribution in [2.45, 2.75) is 67.4 Å². The van der Waals surface area contributed by atoms with Gasteiger partial charge < -0.3 is 4.74 Å². The lowest BCUT2D eigenvalue weighted by Crippen LogP contribution is -2.35. The van der Waals surface area contributed by atoms with Crippen LogP contribution in [0, 0.1) is 17.3 Å². The highest BCUT2D eigenvalue weighted by atomic mass is 16.6. The van der Waals surface area contributed by atoms with Gasteiger partial charge in [-0.3, -0.25) is 9.59 Å². The predicted molar refractivity (Wildman–Crippen MR) is 73.3 cm³/mol. The summed E-state index contributed by atoms with van der Waals surface area (Å²) in [6.45, 7) is 15.1. The third kappa shape index (κ3) is 6.18. The number of Topliss-reactive ketones (excluding diaryl/α,β-unsaturated/α-hetero) is 1. The first-order chi connectivity index (χ1) is 7.84. The third-order valence-corrected chi connectivity index (χ3v) is 2.69. The van der Waals surface area contributed by atoms with Gasteiger partial charge in [-0.2, -0.15) is 0 Å². The van der Waals surface area contributed by atoms with E-state index >= 15 is 0 Å². The number of carbonyl (C=O) groups is 2. The van der Waals surface area contributed by atoms with Gasteiger partial charge in [-0.15, -0.1) is 0 Å². The van der Waals surface area contributed by atoms with Crippen LogP contribution in [0.5, 0.6) is 0 Å². The van der Waals surface area contributed by atoms with Crippen LogP contribution in [0.4, 0.5) is 0 Å². The maximum Gasteiger partial charge on any atom is 0.307 e. The molecule has 3 nitrogen and oxygen atoms in total. The van der Waals surface area contributed by atoms with E-state index in [9.17, 15) is 9.59 Å². The number of carbonyl (C=O) groups excluding carboxylic acids is 2. The van der Waals surface area contributed by atoms with Crippen LogP contribution in [-0.2, 0) is 14.3 Å². The fourth-order valence-electron chi connectivity index (χ4n) is 1.75. The number of rotatable bonds is 4. The molecule has 0 aliphatic heterocycles. The molecule has 0 N–H and O–H groups in total. The molecule has 0 bridgehead atoms. The highest BCUT2D eigenvalue weighted by Crippen LogP contribution is 2.28. The second kappa shape index (κ2) is 5.85. The second-order valence-corrected chi connectivity index (χ2v) is 7.26.